The van der Waals surface area contributed by atoms with Gasteiger partial charge in [-0.15, -0.1) is 0 Å². The average Bonchev–Trinajstić information content (AvgIpc) is 3.23. The van der Waals surface area contributed by atoms with E-state index in [9.17, 15) is 23.1 Å². The molecule has 0 radical (unpaired) electrons. The van der Waals surface area contributed by atoms with Gasteiger partial charge in [-0.25, -0.2) is 27.1 Å². The van der Waals surface area contributed by atoms with Crippen LogP contribution in [0.25, 0.3) is 11.1 Å². The zero-order valence-electron chi connectivity index (χ0n) is 21.5. The number of ether oxygens (including phenoxy) is 1. The number of nitrogens with one attached hydrogen (secondary N) is 1. The molecule has 1 heterocycles. The number of benzene rings is 3. The Morgan fingerprint density at radius 1 is 0.974 bits per heavy atom. The number of hydrogen-bond donors (Lipinski definition) is 2. The quantitative estimate of drug-likeness (QED) is 0.330. The summed E-state index contributed by atoms with van der Waals surface area (Å²) in [6.45, 7) is 4.32. The number of hydrazone groups is 1. The molecular weight excluding hydrogens is 538 g/mol. The number of carboxylic acids is 1. The lowest BCUT2D eigenvalue weighted by Crippen LogP contribution is -2.31. The van der Waals surface area contributed by atoms with E-state index in [1.807, 2.05) is 34.3 Å². The van der Waals surface area contributed by atoms with Crippen molar-refractivity contribution in [1.29, 1.82) is 0 Å². The van der Waals surface area contributed by atoms with Crippen molar-refractivity contribution in [2.24, 2.45) is 5.10 Å². The zero-order valence-corrected chi connectivity index (χ0v) is 23.2. The average molecular weight is 568 g/mol. The second-order valence-corrected chi connectivity index (χ2v) is 12.3. The normalized spacial score (nSPS) is 15.1. The Kier molecular flexibility index (Phi) is 8.82. The van der Waals surface area contributed by atoms with Crippen LogP contribution >= 0.6 is 10.7 Å². The molecule has 1 unspecified atom stereocenters. The van der Waals surface area contributed by atoms with Crippen LogP contribution in [0.1, 0.15) is 31.4 Å². The minimum absolute atomic E-state index is 0.0613. The lowest BCUT2D eigenvalue weighted by Gasteiger charge is -2.20. The number of carboxylic acid groups (broad SMARTS) is 1. The van der Waals surface area contributed by atoms with Gasteiger partial charge in [-0.3, -0.25) is 0 Å². The Bertz CT molecular complexity index is 1530. The maximum atomic E-state index is 13.1. The van der Waals surface area contributed by atoms with E-state index in [1.54, 1.807) is 61.5 Å². The number of aliphatic carboxylic acids is 1. The van der Waals surface area contributed by atoms with Crippen molar-refractivity contribution < 1.29 is 27.9 Å². The van der Waals surface area contributed by atoms with Crippen LogP contribution in [0.15, 0.2) is 88.9 Å². The maximum Gasteiger partial charge on any atom is 0.421 e. The van der Waals surface area contributed by atoms with Crippen LogP contribution in [0, 0.1) is 0 Å². The van der Waals surface area contributed by atoms with E-state index >= 15 is 0 Å². The molecule has 1 amide bonds. The molecule has 1 aliphatic rings. The second kappa shape index (κ2) is 12.3. The first-order chi connectivity index (χ1) is 18.7. The smallest absolute Gasteiger partial charge is 0.421 e. The van der Waals surface area contributed by atoms with Crippen LogP contribution in [-0.2, 0) is 31.9 Å². The van der Waals surface area contributed by atoms with E-state index < -0.39 is 32.8 Å². The predicted octanol–water partition coefficient (Wildman–Crippen LogP) is 5.01. The van der Waals surface area contributed by atoms with Gasteiger partial charge in [-0.1, -0.05) is 90.4 Å². The van der Waals surface area contributed by atoms with Gasteiger partial charge in [-0.05, 0) is 36.1 Å². The summed E-state index contributed by atoms with van der Waals surface area (Å²) >= 11 is 0. The topological polar surface area (TPSA) is 125 Å². The molecule has 0 saturated carbocycles. The van der Waals surface area contributed by atoms with Gasteiger partial charge in [0.15, 0.2) is 0 Å². The van der Waals surface area contributed by atoms with Crippen molar-refractivity contribution in [3.8, 4) is 11.1 Å². The molecule has 39 heavy (non-hydrogen) atoms. The number of carbonyl (C=O) groups excluding carboxylic acids is 1. The minimum Gasteiger partial charge on any atom is -0.477 e. The zero-order chi connectivity index (χ0) is 28.0. The maximum absolute atomic E-state index is 13.1. The molecule has 204 valence electrons. The Morgan fingerprint density at radius 3 is 2.31 bits per heavy atom. The van der Waals surface area contributed by atoms with Gasteiger partial charge >= 0.3 is 12.1 Å². The number of sulfonamides is 1. The number of hydrogen-bond acceptors (Lipinski definition) is 7. The minimum atomic E-state index is -4.22. The van der Waals surface area contributed by atoms with Crippen LogP contribution in [0.4, 0.5) is 4.79 Å². The summed E-state index contributed by atoms with van der Waals surface area (Å²) in [5.74, 6) is -0.499. The standard InChI is InChI=1S/C28H29N3O6S2/c1-3-17-31-29-20(2)26(27(32)33)38(31)19-22-13-15-23(16-14-22)24-11-7-8-12-25(24)39(35,36)30-28(34)37-18-21-9-5-4-6-10-21/h4-16H,3,17-19H2,1-2H3,(H,30,34)(H,32,33). The molecule has 2 N–H and O–H groups in total. The van der Waals surface area contributed by atoms with Gasteiger partial charge in [0, 0.05) is 17.9 Å². The van der Waals surface area contributed by atoms with E-state index in [1.165, 1.54) is 6.07 Å². The number of rotatable bonds is 10. The third-order valence-corrected chi connectivity index (χ3v) is 9.56. The largest absolute Gasteiger partial charge is 0.477 e. The van der Waals surface area contributed by atoms with Crippen molar-refractivity contribution in [1.82, 2.24) is 9.14 Å². The van der Waals surface area contributed by atoms with Crippen molar-refractivity contribution in [3.05, 3.63) is 90.0 Å². The van der Waals surface area contributed by atoms with E-state index in [0.717, 1.165) is 17.5 Å². The van der Waals surface area contributed by atoms with Gasteiger partial charge < -0.3 is 9.84 Å². The second-order valence-electron chi connectivity index (χ2n) is 8.76. The van der Waals surface area contributed by atoms with Crippen molar-refractivity contribution in [3.63, 3.8) is 0 Å². The Hall–Kier alpha value is -3.96. The number of nitrogens with zero attached hydrogens (tertiary/aromatic N) is 2. The predicted molar refractivity (Wildman–Crippen MR) is 153 cm³/mol. The molecule has 0 aromatic heterocycles. The van der Waals surface area contributed by atoms with Crippen molar-refractivity contribution >= 4 is 43.3 Å². The lowest BCUT2D eigenvalue weighted by molar-refractivity contribution is -0.128. The highest BCUT2D eigenvalue weighted by Crippen LogP contribution is 2.34. The first-order valence-electron chi connectivity index (χ1n) is 12.3. The highest BCUT2D eigenvalue weighted by Gasteiger charge is 2.27. The third kappa shape index (κ3) is 6.73. The SMILES string of the molecule is CCCN1N=C(C)C(C(=O)O)=S1Cc1ccc(-c2ccccc2S(=O)(=O)NC(=O)OCc2ccccc2)cc1. The molecule has 9 nitrogen and oxygen atoms in total. The monoisotopic (exact) mass is 567 g/mol. The molecule has 1 aliphatic heterocycles. The summed E-state index contributed by atoms with van der Waals surface area (Å²) < 4.78 is 35.1. The fourth-order valence-electron chi connectivity index (χ4n) is 4.09. The van der Waals surface area contributed by atoms with E-state index in [4.69, 9.17) is 4.74 Å². The van der Waals surface area contributed by atoms with Gasteiger partial charge in [0.05, 0.1) is 10.6 Å². The summed E-state index contributed by atoms with van der Waals surface area (Å²) in [6.07, 6.45) is -0.230. The number of carbonyl (C=O) groups is 2. The first kappa shape index (κ1) is 28.1. The Labute approximate surface area is 230 Å². The molecule has 11 heteroatoms. The Balaban J connectivity index is 1.53. The summed E-state index contributed by atoms with van der Waals surface area (Å²) in [4.78, 5) is 24.4. The lowest BCUT2D eigenvalue weighted by atomic mass is 10.0. The highest BCUT2D eigenvalue weighted by atomic mass is 32.2. The van der Waals surface area contributed by atoms with Crippen LogP contribution < -0.4 is 4.72 Å². The van der Waals surface area contributed by atoms with Gasteiger partial charge in [0.2, 0.25) is 0 Å². The summed E-state index contributed by atoms with van der Waals surface area (Å²) in [7, 11) is -4.94. The number of amides is 1. The molecule has 0 saturated heterocycles. The molecular formula is C28H29N3O6S2. The molecule has 0 aliphatic carbocycles. The van der Waals surface area contributed by atoms with Gasteiger partial charge in [0.25, 0.3) is 10.0 Å². The van der Waals surface area contributed by atoms with E-state index in [2.05, 4.69) is 5.10 Å². The van der Waals surface area contributed by atoms with Crippen LogP contribution in [0.5, 0.6) is 0 Å². The molecule has 0 spiro atoms. The van der Waals surface area contributed by atoms with Crippen molar-refractivity contribution in [2.45, 2.75) is 37.5 Å². The molecule has 3 aromatic rings. The summed E-state index contributed by atoms with van der Waals surface area (Å²) in [6, 6.07) is 22.6. The van der Waals surface area contributed by atoms with Crippen LogP contribution in [0.2, 0.25) is 0 Å². The molecule has 0 fully saturated rings. The molecule has 0 bridgehead atoms. The van der Waals surface area contributed by atoms with Gasteiger partial charge in [0.1, 0.15) is 11.5 Å². The molecule has 3 aromatic carbocycles. The van der Waals surface area contributed by atoms with Crippen molar-refractivity contribution in [2.75, 3.05) is 6.54 Å². The third-order valence-electron chi connectivity index (χ3n) is 5.86. The first-order valence-corrected chi connectivity index (χ1v) is 15.1. The fourth-order valence-corrected chi connectivity index (χ4v) is 7.43. The van der Waals surface area contributed by atoms with Crippen LogP contribution in [0.3, 0.4) is 0 Å². The summed E-state index contributed by atoms with van der Waals surface area (Å²) in [5, 5.41) is 14.2. The molecule has 4 rings (SSSR count). The molecule has 1 atom stereocenters. The van der Waals surface area contributed by atoms with E-state index in [0.29, 0.717) is 34.0 Å². The highest BCUT2D eigenvalue weighted by molar-refractivity contribution is 8.15. The summed E-state index contributed by atoms with van der Waals surface area (Å²) in [5.41, 5.74) is 3.20. The fraction of sp³-hybridized carbons (Fsp3) is 0.214. The Morgan fingerprint density at radius 2 is 1.64 bits per heavy atom. The van der Waals surface area contributed by atoms with Crippen LogP contribution in [-0.4, -0.2) is 47.1 Å². The van der Waals surface area contributed by atoms with Gasteiger partial charge in [-0.2, -0.15) is 5.10 Å². The van der Waals surface area contributed by atoms with E-state index in [-0.39, 0.29) is 11.5 Å².